The molecule has 10 nitrogen and oxygen atoms in total. The predicted octanol–water partition coefficient (Wildman–Crippen LogP) is 4.85. The summed E-state index contributed by atoms with van der Waals surface area (Å²) in [5.74, 6) is -0.472. The van der Waals surface area contributed by atoms with Gasteiger partial charge in [0.05, 0.1) is 56.3 Å². The van der Waals surface area contributed by atoms with Gasteiger partial charge in [-0.2, -0.15) is 28.6 Å². The number of amides is 2. The number of likely N-dealkylation sites (tertiary alicyclic amines) is 2. The molecule has 0 aliphatic carbocycles. The monoisotopic (exact) mass is 590 g/mol. The Morgan fingerprint density at radius 3 is 2.49 bits per heavy atom. The van der Waals surface area contributed by atoms with Gasteiger partial charge in [-0.1, -0.05) is 18.2 Å². The van der Waals surface area contributed by atoms with E-state index in [1.165, 1.54) is 0 Å². The van der Waals surface area contributed by atoms with Crippen molar-refractivity contribution in [3.05, 3.63) is 60.7 Å². The molecule has 43 heavy (non-hydrogen) atoms. The van der Waals surface area contributed by atoms with Gasteiger partial charge in [0.15, 0.2) is 5.65 Å². The average molecular weight is 591 g/mol. The number of carbonyl (C=O) groups excluding carboxylic acids is 2. The van der Waals surface area contributed by atoms with E-state index in [9.17, 15) is 28.0 Å². The van der Waals surface area contributed by atoms with Crippen LogP contribution in [0.5, 0.6) is 0 Å². The molecule has 3 aromatic heterocycles. The zero-order chi connectivity index (χ0) is 30.2. The molecular weight excluding hydrogens is 561 g/mol. The van der Waals surface area contributed by atoms with Crippen molar-refractivity contribution in [1.82, 2.24) is 34.2 Å². The zero-order valence-corrected chi connectivity index (χ0v) is 23.3. The van der Waals surface area contributed by atoms with Gasteiger partial charge in [-0.05, 0) is 30.5 Å². The van der Waals surface area contributed by atoms with E-state index in [1.807, 2.05) is 23.2 Å². The first-order valence-electron chi connectivity index (χ1n) is 14.1. The third kappa shape index (κ3) is 5.82. The Kier molecular flexibility index (Phi) is 7.37. The maximum absolute atomic E-state index is 12.8. The number of ketones is 1. The summed E-state index contributed by atoms with van der Waals surface area (Å²) in [6.45, 7) is 2.39. The summed E-state index contributed by atoms with van der Waals surface area (Å²) in [7, 11) is 0. The number of benzene rings is 1. The minimum Gasteiger partial charge on any atom is -0.325 e. The lowest BCUT2D eigenvalue weighted by molar-refractivity contribution is -0.143. The van der Waals surface area contributed by atoms with E-state index in [4.69, 9.17) is 0 Å². The maximum atomic E-state index is 12.8. The molecule has 5 heterocycles. The fourth-order valence-electron chi connectivity index (χ4n) is 5.79. The molecule has 0 unspecified atom stereocenters. The predicted molar refractivity (Wildman–Crippen MR) is 150 cm³/mol. The van der Waals surface area contributed by atoms with Gasteiger partial charge in [0, 0.05) is 48.8 Å². The van der Waals surface area contributed by atoms with Crippen LogP contribution < -0.4 is 0 Å². The molecule has 6 rings (SSSR count). The van der Waals surface area contributed by atoms with Gasteiger partial charge < -0.3 is 9.80 Å². The first kappa shape index (κ1) is 28.4. The Morgan fingerprint density at radius 2 is 1.74 bits per heavy atom. The highest BCUT2D eigenvalue weighted by atomic mass is 19.4. The molecule has 0 saturated carbocycles. The van der Waals surface area contributed by atoms with E-state index in [0.29, 0.717) is 30.0 Å². The summed E-state index contributed by atoms with van der Waals surface area (Å²) in [4.78, 5) is 33.0. The second kappa shape index (κ2) is 11.2. The highest BCUT2D eigenvalue weighted by Gasteiger charge is 2.48. The number of Topliss-reactive ketones (excluding diaryl/α,β-unsaturated/α-hetero) is 1. The van der Waals surface area contributed by atoms with E-state index >= 15 is 0 Å². The van der Waals surface area contributed by atoms with Gasteiger partial charge >= 0.3 is 12.2 Å². The maximum Gasteiger partial charge on any atom is 0.389 e. The van der Waals surface area contributed by atoms with E-state index in [-0.39, 0.29) is 18.9 Å². The molecule has 0 radical (unpaired) electrons. The number of urea groups is 1. The number of nitriles is 1. The molecule has 2 aliphatic rings. The fraction of sp³-hybridized carbons (Fsp3) is 0.400. The Hall–Kier alpha value is -4.73. The summed E-state index contributed by atoms with van der Waals surface area (Å²) < 4.78 is 40.9. The SMILES string of the molecule is N#CCC1(n2cc(-c3cnn4c(-c5cccc(CC(=O)CCC(F)(F)F)c5)cnc4c3)cn2)CN(C(=O)N2CCCC2)C1. The Morgan fingerprint density at radius 1 is 0.977 bits per heavy atom. The first-order chi connectivity index (χ1) is 20.6. The molecule has 2 saturated heterocycles. The van der Waals surface area contributed by atoms with Crippen molar-refractivity contribution in [2.45, 2.75) is 50.2 Å². The fourth-order valence-corrected chi connectivity index (χ4v) is 5.79. The van der Waals surface area contributed by atoms with Gasteiger partial charge in [-0.3, -0.25) is 9.48 Å². The molecule has 222 valence electrons. The van der Waals surface area contributed by atoms with Crippen LogP contribution in [0.3, 0.4) is 0 Å². The molecule has 2 fully saturated rings. The third-order valence-electron chi connectivity index (χ3n) is 8.10. The van der Waals surface area contributed by atoms with E-state index in [0.717, 1.165) is 42.6 Å². The molecule has 0 spiro atoms. The van der Waals surface area contributed by atoms with Crippen LogP contribution in [0.15, 0.2) is 55.1 Å². The van der Waals surface area contributed by atoms with Crippen molar-refractivity contribution < 1.29 is 22.8 Å². The van der Waals surface area contributed by atoms with Gasteiger partial charge in [0.2, 0.25) is 0 Å². The summed E-state index contributed by atoms with van der Waals surface area (Å²) in [6, 6.07) is 11.2. The number of aromatic nitrogens is 5. The van der Waals surface area contributed by atoms with Crippen LogP contribution in [0.4, 0.5) is 18.0 Å². The lowest BCUT2D eigenvalue weighted by Crippen LogP contribution is -2.66. The van der Waals surface area contributed by atoms with Crippen LogP contribution in [0.25, 0.3) is 28.0 Å². The molecule has 0 N–H and O–H groups in total. The van der Waals surface area contributed by atoms with Gasteiger partial charge in [-0.25, -0.2) is 14.3 Å². The van der Waals surface area contributed by atoms with Crippen LogP contribution in [0.1, 0.15) is 37.7 Å². The largest absolute Gasteiger partial charge is 0.389 e. The van der Waals surface area contributed by atoms with Crippen LogP contribution >= 0.6 is 0 Å². The Balaban J connectivity index is 1.18. The van der Waals surface area contributed by atoms with Gasteiger partial charge in [0.1, 0.15) is 11.3 Å². The lowest BCUT2D eigenvalue weighted by atomic mass is 9.87. The van der Waals surface area contributed by atoms with Crippen molar-refractivity contribution >= 4 is 17.5 Å². The topological polar surface area (TPSA) is 112 Å². The number of rotatable bonds is 8. The average Bonchev–Trinajstić information content (AvgIpc) is 3.74. The highest BCUT2D eigenvalue weighted by molar-refractivity contribution is 5.81. The smallest absolute Gasteiger partial charge is 0.325 e. The molecule has 2 aliphatic heterocycles. The number of carbonyl (C=O) groups is 2. The molecular formula is C30H29F3N8O2. The third-order valence-corrected chi connectivity index (χ3v) is 8.10. The molecule has 13 heteroatoms. The number of hydrogen-bond acceptors (Lipinski definition) is 6. The number of halogens is 3. The molecule has 0 atom stereocenters. The number of fused-ring (bicyclic) bond motifs is 1. The minimum atomic E-state index is -4.36. The molecule has 2 amide bonds. The molecule has 0 bridgehead atoms. The standard InChI is InChI=1S/C30H29F3N8O2/c31-30(32,33)7-6-25(42)13-21-4-3-5-22(12-21)26-17-35-27-14-23(15-37-41(26)27)24-16-36-40(18-24)29(8-9-34)19-39(20-29)28(43)38-10-1-2-11-38/h3-5,12,14-18H,1-2,6-8,10-11,13,19-20H2. The quantitative estimate of drug-likeness (QED) is 0.290. The van der Waals surface area contributed by atoms with Gasteiger partial charge in [0.25, 0.3) is 0 Å². The van der Waals surface area contributed by atoms with E-state index < -0.39 is 30.3 Å². The van der Waals surface area contributed by atoms with Crippen molar-refractivity contribution in [3.63, 3.8) is 0 Å². The minimum absolute atomic E-state index is 0.0156. The van der Waals surface area contributed by atoms with Crippen molar-refractivity contribution in [2.75, 3.05) is 26.2 Å². The highest BCUT2D eigenvalue weighted by Crippen LogP contribution is 2.35. The second-order valence-corrected chi connectivity index (χ2v) is 11.3. The Bertz CT molecular complexity index is 1710. The second-order valence-electron chi connectivity index (χ2n) is 11.3. The van der Waals surface area contributed by atoms with Crippen molar-refractivity contribution in [2.24, 2.45) is 0 Å². The molecule has 1 aromatic carbocycles. The number of hydrogen-bond donors (Lipinski definition) is 0. The lowest BCUT2D eigenvalue weighted by Gasteiger charge is -2.49. The zero-order valence-electron chi connectivity index (χ0n) is 23.3. The first-order valence-corrected chi connectivity index (χ1v) is 14.1. The molecule has 4 aromatic rings. The summed E-state index contributed by atoms with van der Waals surface area (Å²) in [5.41, 5.74) is 3.58. The van der Waals surface area contributed by atoms with Crippen LogP contribution in [-0.4, -0.2) is 78.3 Å². The van der Waals surface area contributed by atoms with E-state index in [2.05, 4.69) is 21.3 Å². The van der Waals surface area contributed by atoms with E-state index in [1.54, 1.807) is 50.9 Å². The van der Waals surface area contributed by atoms with Crippen molar-refractivity contribution in [1.29, 1.82) is 5.26 Å². The van der Waals surface area contributed by atoms with Crippen LogP contribution in [0, 0.1) is 11.3 Å². The number of imidazole rings is 1. The van der Waals surface area contributed by atoms with Crippen LogP contribution in [0.2, 0.25) is 0 Å². The van der Waals surface area contributed by atoms with Crippen molar-refractivity contribution in [3.8, 4) is 28.5 Å². The summed E-state index contributed by atoms with van der Waals surface area (Å²) >= 11 is 0. The summed E-state index contributed by atoms with van der Waals surface area (Å²) in [5, 5.41) is 18.7. The normalized spacial score (nSPS) is 16.3. The summed E-state index contributed by atoms with van der Waals surface area (Å²) in [6.07, 6.45) is 3.07. The number of nitrogens with zero attached hydrogens (tertiary/aromatic N) is 8. The Labute approximate surface area is 245 Å². The van der Waals surface area contributed by atoms with Gasteiger partial charge in [-0.15, -0.1) is 0 Å². The van der Waals surface area contributed by atoms with Crippen LogP contribution in [-0.2, 0) is 16.8 Å². The number of alkyl halides is 3.